The second kappa shape index (κ2) is 12.6. The first-order chi connectivity index (χ1) is 20.0. The molecule has 2 aromatic carbocycles. The molecule has 1 aromatic heterocycles. The summed E-state index contributed by atoms with van der Waals surface area (Å²) in [5, 5.41) is 23.6. The molecular weight excluding hydrogens is 542 g/mol. The second-order valence-corrected chi connectivity index (χ2v) is 10.2. The van der Waals surface area contributed by atoms with Gasteiger partial charge in [0.25, 0.3) is 11.5 Å². The highest BCUT2D eigenvalue weighted by Crippen LogP contribution is 2.39. The maximum atomic E-state index is 12.8. The Balaban J connectivity index is 1.48. The van der Waals surface area contributed by atoms with Crippen LogP contribution in [0.2, 0.25) is 0 Å². The molecule has 4 rings (SSSR count). The van der Waals surface area contributed by atoms with Gasteiger partial charge in [-0.05, 0) is 80.6 Å². The molecule has 0 radical (unpaired) electrons. The fraction of sp³-hybridized carbons (Fsp3) is 0.333. The van der Waals surface area contributed by atoms with Gasteiger partial charge in [0.2, 0.25) is 5.91 Å². The second-order valence-electron chi connectivity index (χ2n) is 10.2. The van der Waals surface area contributed by atoms with Crippen LogP contribution in [0.25, 0.3) is 10.9 Å². The van der Waals surface area contributed by atoms with Crippen molar-refractivity contribution in [2.24, 2.45) is 0 Å². The lowest BCUT2D eigenvalue weighted by Gasteiger charge is -2.30. The van der Waals surface area contributed by atoms with Crippen molar-refractivity contribution in [3.05, 3.63) is 69.3 Å². The number of rotatable bonds is 11. The van der Waals surface area contributed by atoms with Crippen molar-refractivity contribution in [1.82, 2.24) is 20.6 Å². The molecule has 0 spiro atoms. The summed E-state index contributed by atoms with van der Waals surface area (Å²) < 4.78 is 0. The van der Waals surface area contributed by atoms with E-state index < -0.39 is 35.8 Å². The van der Waals surface area contributed by atoms with Gasteiger partial charge in [-0.3, -0.25) is 19.2 Å². The van der Waals surface area contributed by atoms with Crippen molar-refractivity contribution in [3.63, 3.8) is 0 Å². The quantitative estimate of drug-likeness (QED) is 0.214. The highest BCUT2D eigenvalue weighted by molar-refractivity contribution is 5.97. The molecule has 42 heavy (non-hydrogen) atoms. The number of benzene rings is 2. The van der Waals surface area contributed by atoms with Gasteiger partial charge in [-0.1, -0.05) is 5.92 Å². The predicted octanol–water partition coefficient (Wildman–Crippen LogP) is 1.91. The van der Waals surface area contributed by atoms with Gasteiger partial charge in [-0.25, -0.2) is 9.78 Å². The van der Waals surface area contributed by atoms with Crippen LogP contribution in [0, 0.1) is 19.3 Å². The van der Waals surface area contributed by atoms with E-state index in [2.05, 4.69) is 26.5 Å². The molecular formula is C30H31N5O7. The highest BCUT2D eigenvalue weighted by atomic mass is 16.4. The lowest BCUT2D eigenvalue weighted by molar-refractivity contribution is -0.142. The summed E-state index contributed by atoms with van der Waals surface area (Å²) in [6.45, 7) is 3.30. The van der Waals surface area contributed by atoms with E-state index in [1.807, 2.05) is 17.0 Å². The predicted molar refractivity (Wildman–Crippen MR) is 154 cm³/mol. The van der Waals surface area contributed by atoms with Crippen molar-refractivity contribution < 1.29 is 29.4 Å². The van der Waals surface area contributed by atoms with E-state index in [0.29, 0.717) is 16.7 Å². The topological polar surface area (TPSA) is 182 Å². The van der Waals surface area contributed by atoms with Gasteiger partial charge in [0.1, 0.15) is 17.9 Å². The molecule has 3 aromatic rings. The van der Waals surface area contributed by atoms with Crippen LogP contribution >= 0.6 is 0 Å². The number of carboxylic acid groups (broad SMARTS) is 2. The van der Waals surface area contributed by atoms with Gasteiger partial charge >= 0.3 is 11.9 Å². The number of anilines is 1. The molecule has 0 bridgehead atoms. The molecule has 0 aliphatic heterocycles. The molecule has 3 atom stereocenters. The number of amides is 2. The van der Waals surface area contributed by atoms with E-state index in [-0.39, 0.29) is 36.6 Å². The van der Waals surface area contributed by atoms with Crippen LogP contribution in [0.15, 0.2) is 41.2 Å². The van der Waals surface area contributed by atoms with Gasteiger partial charge in [0.05, 0.1) is 23.5 Å². The molecule has 0 unspecified atom stereocenters. The average molecular weight is 574 g/mol. The van der Waals surface area contributed by atoms with Crippen LogP contribution in [0.3, 0.4) is 0 Å². The Morgan fingerprint density at radius 1 is 1.14 bits per heavy atom. The largest absolute Gasteiger partial charge is 0.480 e. The van der Waals surface area contributed by atoms with Crippen molar-refractivity contribution in [2.75, 3.05) is 11.4 Å². The summed E-state index contributed by atoms with van der Waals surface area (Å²) in [5.41, 5.74) is 3.47. The lowest BCUT2D eigenvalue weighted by atomic mass is 10.0. The third-order valence-electron chi connectivity index (χ3n) is 7.24. The molecule has 2 amide bonds. The number of aromatic nitrogens is 2. The number of terminal acetylenes is 1. The number of hydrogen-bond donors (Lipinski definition) is 5. The third-order valence-corrected chi connectivity index (χ3v) is 7.24. The summed E-state index contributed by atoms with van der Waals surface area (Å²) >= 11 is 0. The zero-order chi connectivity index (χ0) is 30.6. The third kappa shape index (κ3) is 6.58. The molecule has 0 saturated heterocycles. The van der Waals surface area contributed by atoms with Crippen molar-refractivity contribution >= 4 is 40.3 Å². The van der Waals surface area contributed by atoms with Gasteiger partial charge in [0.15, 0.2) is 0 Å². The van der Waals surface area contributed by atoms with Gasteiger partial charge < -0.3 is 30.7 Å². The number of aliphatic carboxylic acids is 2. The lowest BCUT2D eigenvalue weighted by Crippen LogP contribution is -2.43. The normalized spacial score (nSPS) is 15.2. The van der Waals surface area contributed by atoms with Crippen LogP contribution in [-0.2, 0) is 20.8 Å². The van der Waals surface area contributed by atoms with E-state index >= 15 is 0 Å². The number of aromatic amines is 1. The Morgan fingerprint density at radius 3 is 2.50 bits per heavy atom. The number of nitrogens with zero attached hydrogens (tertiary/aromatic N) is 2. The van der Waals surface area contributed by atoms with Crippen LogP contribution < -0.4 is 21.1 Å². The molecule has 218 valence electrons. The molecule has 0 saturated carbocycles. The molecule has 0 fully saturated rings. The minimum atomic E-state index is -1.35. The fourth-order valence-electron chi connectivity index (χ4n) is 5.09. The molecule has 5 N–H and O–H groups in total. The summed E-state index contributed by atoms with van der Waals surface area (Å²) in [6.07, 6.45) is 6.76. The monoisotopic (exact) mass is 573 g/mol. The Morgan fingerprint density at radius 2 is 1.86 bits per heavy atom. The summed E-state index contributed by atoms with van der Waals surface area (Å²) in [7, 11) is 0. The summed E-state index contributed by atoms with van der Waals surface area (Å²) in [5.74, 6) is -0.592. The number of carboxylic acids is 2. The number of fused-ring (bicyclic) bond motifs is 2. The van der Waals surface area contributed by atoms with Crippen LogP contribution in [0.4, 0.5) is 5.69 Å². The van der Waals surface area contributed by atoms with Crippen LogP contribution in [0.5, 0.6) is 0 Å². The van der Waals surface area contributed by atoms with E-state index in [1.165, 1.54) is 6.92 Å². The number of carbonyl (C=O) groups excluding carboxylic acids is 2. The first-order valence-electron chi connectivity index (χ1n) is 13.4. The number of H-pyrrole nitrogens is 1. The Bertz CT molecular complexity index is 1640. The maximum Gasteiger partial charge on any atom is 0.326 e. The van der Waals surface area contributed by atoms with Gasteiger partial charge in [-0.2, -0.15) is 0 Å². The number of hydrogen-bond acceptors (Lipinski definition) is 7. The van der Waals surface area contributed by atoms with Crippen LogP contribution in [0.1, 0.15) is 59.5 Å². The smallest absolute Gasteiger partial charge is 0.326 e. The van der Waals surface area contributed by atoms with Crippen molar-refractivity contribution in [2.45, 2.75) is 57.7 Å². The van der Waals surface area contributed by atoms with E-state index in [1.54, 1.807) is 31.2 Å². The van der Waals surface area contributed by atoms with E-state index in [0.717, 1.165) is 29.7 Å². The van der Waals surface area contributed by atoms with Gasteiger partial charge in [0, 0.05) is 17.7 Å². The van der Waals surface area contributed by atoms with Crippen LogP contribution in [-0.4, -0.2) is 62.6 Å². The molecule has 12 heteroatoms. The fourth-order valence-corrected chi connectivity index (χ4v) is 5.09. The number of aryl methyl sites for hydroxylation is 2. The SMILES string of the molecule is C#CCN(c1ccc(C(=O)N[C@@H](CCC(=O)N[C@H](C)C(=O)O)C(=O)O)cc1)[C@H]1CCc2cc3nc(C)[nH]c(=O)c3cc21. The van der Waals surface area contributed by atoms with Crippen molar-refractivity contribution in [3.8, 4) is 12.3 Å². The summed E-state index contributed by atoms with van der Waals surface area (Å²) in [6, 6.07) is 7.80. The standard InChI is InChI=1S/C30H31N5O7/c1-4-13-35(25-11-7-19-14-24-22(15-21(19)25)28(38)33-17(3)32-24)20-8-5-18(6-9-20)27(37)34-23(30(41)42)10-12-26(36)31-16(2)29(39)40/h1,5-6,8-9,14-16,23,25H,7,10-13H2,2-3H3,(H,31,36)(H,34,37)(H,39,40)(H,41,42)(H,32,33,38)/t16-,23+,25+/m1/s1. The molecule has 12 nitrogen and oxygen atoms in total. The number of carbonyl (C=O) groups is 4. The molecule has 1 aliphatic carbocycles. The highest BCUT2D eigenvalue weighted by Gasteiger charge is 2.29. The number of nitrogens with one attached hydrogen (secondary N) is 3. The minimum Gasteiger partial charge on any atom is -0.480 e. The van der Waals surface area contributed by atoms with Crippen molar-refractivity contribution in [1.29, 1.82) is 0 Å². The minimum absolute atomic E-state index is 0.104. The molecule has 1 aliphatic rings. The maximum absolute atomic E-state index is 12.8. The zero-order valence-corrected chi connectivity index (χ0v) is 23.1. The van der Waals surface area contributed by atoms with E-state index in [9.17, 15) is 29.1 Å². The van der Waals surface area contributed by atoms with E-state index in [4.69, 9.17) is 11.5 Å². The molecule has 1 heterocycles. The first kappa shape index (κ1) is 29.8. The Hall–Kier alpha value is -5.18. The average Bonchev–Trinajstić information content (AvgIpc) is 3.35. The Labute approximate surface area is 241 Å². The zero-order valence-electron chi connectivity index (χ0n) is 23.1. The van der Waals surface area contributed by atoms with Gasteiger partial charge in [-0.15, -0.1) is 6.42 Å². The Kier molecular flexibility index (Phi) is 8.90. The summed E-state index contributed by atoms with van der Waals surface area (Å²) in [4.78, 5) is 69.2. The first-order valence-corrected chi connectivity index (χ1v) is 13.4.